The second-order valence-electron chi connectivity index (χ2n) is 10.4. The third kappa shape index (κ3) is 6.37. The molecule has 4 aliphatic carbocycles. The zero-order chi connectivity index (χ0) is 34.1. The van der Waals surface area contributed by atoms with E-state index in [2.05, 4.69) is 30.6 Å². The molecule has 0 aromatic rings. The van der Waals surface area contributed by atoms with Crippen molar-refractivity contribution in [3.8, 4) is 0 Å². The maximum Gasteiger partial charge on any atom is 0.490 e. The standard InChI is InChI=1S/C26H26F6N4O10/c1-43-21(39)13-9-3-4-10(14(13)22(40)44-2)12-11(9)15-16(12)18(20(38)34-6-8-46-24(42)26(30,31)32)36-35-17(15)19(37)33-5-7-45-23(41)25(27,28)29/h3-4,9-15,36H,5-8H2,1-2H3,(H,33,37)(H,34,38). The van der Waals surface area contributed by atoms with E-state index in [1.54, 1.807) is 12.2 Å². The molecule has 7 atom stereocenters. The number of alkyl halides is 6. The predicted molar refractivity (Wildman–Crippen MR) is 135 cm³/mol. The Balaban J connectivity index is 1.59. The van der Waals surface area contributed by atoms with Gasteiger partial charge in [-0.1, -0.05) is 12.2 Å². The fourth-order valence-electron chi connectivity index (χ4n) is 6.44. The molecular weight excluding hydrogens is 642 g/mol. The van der Waals surface area contributed by atoms with E-state index >= 15 is 0 Å². The van der Waals surface area contributed by atoms with Crippen LogP contribution in [0, 0.1) is 41.4 Å². The number of amides is 2. The minimum absolute atomic E-state index is 0.219. The fourth-order valence-corrected chi connectivity index (χ4v) is 6.44. The van der Waals surface area contributed by atoms with Crippen molar-refractivity contribution >= 4 is 41.4 Å². The first-order valence-electron chi connectivity index (χ1n) is 13.5. The van der Waals surface area contributed by atoms with E-state index < -0.39 is 116 Å². The van der Waals surface area contributed by atoms with Gasteiger partial charge in [0.25, 0.3) is 11.8 Å². The fraction of sp³-hybridized carbons (Fsp3) is 0.577. The molecule has 0 aromatic carbocycles. The largest absolute Gasteiger partial charge is 0.490 e. The number of carbonyl (C=O) groups excluding carboxylic acids is 6. The van der Waals surface area contributed by atoms with Gasteiger partial charge in [-0.25, -0.2) is 9.59 Å². The minimum atomic E-state index is -5.25. The lowest BCUT2D eigenvalue weighted by Gasteiger charge is -2.62. The summed E-state index contributed by atoms with van der Waals surface area (Å²) in [6, 6.07) is 0. The van der Waals surface area contributed by atoms with E-state index in [9.17, 15) is 55.1 Å². The number of allylic oxidation sites excluding steroid dienone is 3. The molecule has 3 N–H and O–H groups in total. The van der Waals surface area contributed by atoms with Crippen molar-refractivity contribution in [2.75, 3.05) is 40.5 Å². The van der Waals surface area contributed by atoms with Crippen molar-refractivity contribution in [2.24, 2.45) is 46.5 Å². The van der Waals surface area contributed by atoms with Crippen molar-refractivity contribution in [3.63, 3.8) is 0 Å². The van der Waals surface area contributed by atoms with Gasteiger partial charge >= 0.3 is 36.2 Å². The second-order valence-corrected chi connectivity index (χ2v) is 10.4. The highest BCUT2D eigenvalue weighted by atomic mass is 19.4. The van der Waals surface area contributed by atoms with E-state index in [1.165, 1.54) is 0 Å². The van der Waals surface area contributed by atoms with Gasteiger partial charge in [0, 0.05) is 5.92 Å². The van der Waals surface area contributed by atoms with Gasteiger partial charge in [-0.15, -0.1) is 0 Å². The molecule has 1 heterocycles. The number of nitrogens with one attached hydrogen (secondary N) is 3. The highest BCUT2D eigenvalue weighted by Crippen LogP contribution is 2.66. The highest BCUT2D eigenvalue weighted by Gasteiger charge is 2.68. The Morgan fingerprint density at radius 2 is 1.26 bits per heavy atom. The molecule has 0 saturated heterocycles. The molecule has 2 saturated carbocycles. The van der Waals surface area contributed by atoms with Gasteiger partial charge in [-0.3, -0.25) is 24.6 Å². The Kier molecular flexibility index (Phi) is 9.67. The lowest BCUT2D eigenvalue weighted by molar-refractivity contribution is -0.199. The first kappa shape index (κ1) is 34.2. The molecule has 20 heteroatoms. The van der Waals surface area contributed by atoms with Crippen LogP contribution in [0.5, 0.6) is 0 Å². The molecule has 1 aliphatic heterocycles. The predicted octanol–water partition coefficient (Wildman–Crippen LogP) is -0.100. The number of nitrogens with zero attached hydrogens (tertiary/aromatic N) is 1. The van der Waals surface area contributed by atoms with Crippen molar-refractivity contribution in [1.82, 2.24) is 16.1 Å². The average Bonchev–Trinajstić information content (AvgIpc) is 2.99. The van der Waals surface area contributed by atoms with Crippen molar-refractivity contribution in [3.05, 3.63) is 23.4 Å². The van der Waals surface area contributed by atoms with Crippen LogP contribution in [0.2, 0.25) is 0 Å². The molecule has 0 spiro atoms. The number of rotatable bonds is 10. The zero-order valence-corrected chi connectivity index (χ0v) is 23.8. The molecule has 7 unspecified atom stereocenters. The third-order valence-corrected chi connectivity index (χ3v) is 8.11. The topological polar surface area (TPSA) is 188 Å². The summed E-state index contributed by atoms with van der Waals surface area (Å²) in [6.07, 6.45) is -7.15. The molecule has 5 rings (SSSR count). The van der Waals surface area contributed by atoms with Gasteiger partial charge in [-0.2, -0.15) is 31.4 Å². The van der Waals surface area contributed by atoms with Crippen LogP contribution in [-0.4, -0.2) is 94.3 Å². The summed E-state index contributed by atoms with van der Waals surface area (Å²) in [7, 11) is 2.24. The van der Waals surface area contributed by atoms with Crippen LogP contribution in [0.1, 0.15) is 0 Å². The molecule has 0 aromatic heterocycles. The molecular formula is C26H26F6N4O10. The first-order chi connectivity index (χ1) is 21.5. The number of hydrazone groups is 1. The number of hydrogen-bond donors (Lipinski definition) is 3. The van der Waals surface area contributed by atoms with Gasteiger partial charge < -0.3 is 29.6 Å². The Morgan fingerprint density at radius 1 is 0.783 bits per heavy atom. The van der Waals surface area contributed by atoms with Crippen LogP contribution in [0.4, 0.5) is 26.3 Å². The summed E-state index contributed by atoms with van der Waals surface area (Å²) in [6.45, 7) is -2.77. The van der Waals surface area contributed by atoms with E-state index in [0.29, 0.717) is 0 Å². The number of fused-ring (bicyclic) bond motifs is 2. The molecule has 0 radical (unpaired) electrons. The van der Waals surface area contributed by atoms with Gasteiger partial charge in [0.1, 0.15) is 24.6 Å². The average molecular weight is 669 g/mol. The number of carbonyl (C=O) groups is 6. The summed E-state index contributed by atoms with van der Waals surface area (Å²) in [4.78, 5) is 73.9. The summed E-state index contributed by atoms with van der Waals surface area (Å²) in [5, 5.41) is 8.52. The van der Waals surface area contributed by atoms with Crippen LogP contribution in [0.15, 0.2) is 28.5 Å². The molecule has 2 bridgehead atoms. The molecule has 14 nitrogen and oxygen atoms in total. The van der Waals surface area contributed by atoms with Crippen molar-refractivity contribution in [2.45, 2.75) is 12.4 Å². The number of methoxy groups -OCH3 is 2. The van der Waals surface area contributed by atoms with Crippen molar-refractivity contribution in [1.29, 1.82) is 0 Å². The Morgan fingerprint density at radius 3 is 1.76 bits per heavy atom. The Bertz CT molecular complexity index is 1410. The normalized spacial score (nSPS) is 27.5. The van der Waals surface area contributed by atoms with E-state index in [1.807, 2.05) is 0 Å². The van der Waals surface area contributed by atoms with Crippen LogP contribution < -0.4 is 16.1 Å². The SMILES string of the molecule is COC(=O)C1C2C=CC(C1C(=O)OC)C1C3C(C(=O)NCCOC(=O)C(F)(F)F)=NNC(C(=O)NCCOC(=O)C(F)(F)F)=C3C21. The van der Waals surface area contributed by atoms with Crippen LogP contribution in [0.3, 0.4) is 0 Å². The lowest BCUT2D eigenvalue weighted by atomic mass is 9.40. The van der Waals surface area contributed by atoms with Gasteiger partial charge in [-0.05, 0) is 29.2 Å². The number of halogens is 6. The Hall–Kier alpha value is -4.65. The summed E-state index contributed by atoms with van der Waals surface area (Å²) >= 11 is 0. The Labute approximate surface area is 254 Å². The maximum atomic E-state index is 13.1. The van der Waals surface area contributed by atoms with Crippen LogP contribution in [-0.2, 0) is 47.7 Å². The molecule has 5 aliphatic rings. The molecule has 46 heavy (non-hydrogen) atoms. The number of ether oxygens (including phenoxy) is 4. The maximum absolute atomic E-state index is 13.1. The quantitative estimate of drug-likeness (QED) is 0.0928. The van der Waals surface area contributed by atoms with Gasteiger partial charge in [0.05, 0.1) is 39.1 Å². The number of esters is 4. The molecule has 2 amide bonds. The van der Waals surface area contributed by atoms with E-state index in [4.69, 9.17) is 9.47 Å². The lowest BCUT2D eigenvalue weighted by Crippen LogP contribution is -2.66. The van der Waals surface area contributed by atoms with Crippen LogP contribution >= 0.6 is 0 Å². The van der Waals surface area contributed by atoms with Gasteiger partial charge in [0.15, 0.2) is 0 Å². The highest BCUT2D eigenvalue weighted by molar-refractivity contribution is 6.41. The summed E-state index contributed by atoms with van der Waals surface area (Å²) < 4.78 is 92.4. The second kappa shape index (κ2) is 13.0. The monoisotopic (exact) mass is 668 g/mol. The molecule has 2 fully saturated rings. The zero-order valence-electron chi connectivity index (χ0n) is 23.8. The third-order valence-electron chi connectivity index (χ3n) is 8.11. The smallest absolute Gasteiger partial charge is 0.469 e. The summed E-state index contributed by atoms with van der Waals surface area (Å²) in [5.74, 6) is -14.0. The summed E-state index contributed by atoms with van der Waals surface area (Å²) in [5.41, 5.74) is 2.22. The van der Waals surface area contributed by atoms with Crippen LogP contribution in [0.25, 0.3) is 0 Å². The molecule has 252 valence electrons. The van der Waals surface area contributed by atoms with Crippen molar-refractivity contribution < 1.29 is 74.1 Å². The van der Waals surface area contributed by atoms with E-state index in [-0.39, 0.29) is 17.0 Å². The van der Waals surface area contributed by atoms with E-state index in [0.717, 1.165) is 14.2 Å². The van der Waals surface area contributed by atoms with Gasteiger partial charge in [0.2, 0.25) is 0 Å². The number of hydrogen-bond acceptors (Lipinski definition) is 12. The minimum Gasteiger partial charge on any atom is -0.469 e. The first-order valence-corrected chi connectivity index (χ1v) is 13.5.